The van der Waals surface area contributed by atoms with Gasteiger partial charge in [0.1, 0.15) is 0 Å². The number of rotatable bonds is 4. The van der Waals surface area contributed by atoms with Gasteiger partial charge in [0.2, 0.25) is 14.7 Å². The second-order valence-corrected chi connectivity index (χ2v) is 6.93. The molecular formula is C14H16N2O4S. The van der Waals surface area contributed by atoms with Crippen molar-refractivity contribution in [3.8, 4) is 0 Å². The van der Waals surface area contributed by atoms with E-state index in [0.717, 1.165) is 0 Å². The van der Waals surface area contributed by atoms with Gasteiger partial charge < -0.3 is 16.6 Å². The van der Waals surface area contributed by atoms with Gasteiger partial charge in [-0.25, -0.2) is 13.2 Å². The zero-order valence-corrected chi connectivity index (χ0v) is 12.2. The molecule has 0 aliphatic heterocycles. The predicted molar refractivity (Wildman–Crippen MR) is 80.4 cm³/mol. The van der Waals surface area contributed by atoms with Gasteiger partial charge in [0, 0.05) is 16.5 Å². The van der Waals surface area contributed by atoms with Crippen LogP contribution in [-0.4, -0.2) is 24.4 Å². The maximum atomic E-state index is 12.7. The minimum atomic E-state index is -4.27. The van der Waals surface area contributed by atoms with E-state index in [1.54, 1.807) is 24.3 Å². The first-order chi connectivity index (χ1) is 9.75. The summed E-state index contributed by atoms with van der Waals surface area (Å²) in [5.74, 6) is -1.58. The van der Waals surface area contributed by atoms with Gasteiger partial charge in [0.15, 0.2) is 0 Å². The van der Waals surface area contributed by atoms with E-state index in [1.807, 2.05) is 0 Å². The van der Waals surface area contributed by atoms with Gasteiger partial charge in [0.05, 0.1) is 4.90 Å². The average Bonchev–Trinajstić information content (AvgIpc) is 2.46. The monoisotopic (exact) mass is 308 g/mol. The second kappa shape index (κ2) is 5.01. The third kappa shape index (κ3) is 2.14. The van der Waals surface area contributed by atoms with Crippen molar-refractivity contribution < 1.29 is 18.3 Å². The smallest absolute Gasteiger partial charge is 0.339 e. The summed E-state index contributed by atoms with van der Waals surface area (Å²) in [5.41, 5.74) is 11.9. The van der Waals surface area contributed by atoms with Crippen LogP contribution in [0.2, 0.25) is 0 Å². The molecule has 0 saturated heterocycles. The predicted octanol–water partition coefficient (Wildman–Crippen LogP) is 1.35. The first-order valence-electron chi connectivity index (χ1n) is 6.30. The van der Waals surface area contributed by atoms with E-state index in [-0.39, 0.29) is 11.3 Å². The van der Waals surface area contributed by atoms with E-state index in [1.165, 1.54) is 19.1 Å². The highest BCUT2D eigenvalue weighted by Crippen LogP contribution is 2.33. The van der Waals surface area contributed by atoms with Crippen molar-refractivity contribution in [3.05, 3.63) is 36.4 Å². The molecule has 7 heteroatoms. The van der Waals surface area contributed by atoms with Crippen LogP contribution in [0.25, 0.3) is 10.8 Å². The Morgan fingerprint density at radius 1 is 1.19 bits per heavy atom. The second-order valence-electron chi connectivity index (χ2n) is 4.75. The average molecular weight is 308 g/mol. The van der Waals surface area contributed by atoms with Crippen LogP contribution in [-0.2, 0) is 14.6 Å². The van der Waals surface area contributed by atoms with Crippen LogP contribution in [0.1, 0.15) is 13.3 Å². The largest absolute Gasteiger partial charge is 0.479 e. The molecule has 5 N–H and O–H groups in total. The van der Waals surface area contributed by atoms with Crippen molar-refractivity contribution in [1.82, 2.24) is 0 Å². The molecule has 2 aromatic carbocycles. The molecule has 0 heterocycles. The van der Waals surface area contributed by atoms with Crippen molar-refractivity contribution in [2.24, 2.45) is 5.73 Å². The molecule has 112 valence electrons. The van der Waals surface area contributed by atoms with Gasteiger partial charge in [0.25, 0.3) is 0 Å². The molecule has 21 heavy (non-hydrogen) atoms. The minimum absolute atomic E-state index is 0.126. The minimum Gasteiger partial charge on any atom is -0.479 e. The Balaban J connectivity index is 2.84. The first kappa shape index (κ1) is 15.3. The number of carboxylic acid groups (broad SMARTS) is 1. The number of carbonyl (C=O) groups is 1. The van der Waals surface area contributed by atoms with Gasteiger partial charge in [-0.05, 0) is 18.6 Å². The number of anilines is 1. The quantitative estimate of drug-likeness (QED) is 0.732. The van der Waals surface area contributed by atoms with Gasteiger partial charge in [-0.15, -0.1) is 0 Å². The molecule has 0 spiro atoms. The Hall–Kier alpha value is -2.12. The molecule has 0 aliphatic carbocycles. The fraction of sp³-hybridized carbons (Fsp3) is 0.214. The molecule has 1 atom stereocenters. The molecule has 2 aromatic rings. The summed E-state index contributed by atoms with van der Waals surface area (Å²) in [6, 6.07) is 9.37. The summed E-state index contributed by atoms with van der Waals surface area (Å²) in [5, 5.41) is 10.1. The number of hydrogen-bond acceptors (Lipinski definition) is 5. The molecule has 0 radical (unpaired) electrons. The van der Waals surface area contributed by atoms with Crippen LogP contribution in [0.4, 0.5) is 5.69 Å². The van der Waals surface area contributed by atoms with Crippen LogP contribution in [0.15, 0.2) is 41.3 Å². The first-order valence-corrected chi connectivity index (χ1v) is 7.78. The van der Waals surface area contributed by atoms with Crippen molar-refractivity contribution in [1.29, 1.82) is 0 Å². The molecule has 0 amide bonds. The highest BCUT2D eigenvalue weighted by Gasteiger charge is 2.47. The lowest BCUT2D eigenvalue weighted by molar-refractivity contribution is -0.140. The topological polar surface area (TPSA) is 123 Å². The fourth-order valence-corrected chi connectivity index (χ4v) is 3.90. The maximum absolute atomic E-state index is 12.7. The Morgan fingerprint density at radius 3 is 2.29 bits per heavy atom. The van der Waals surface area contributed by atoms with Crippen LogP contribution in [0.3, 0.4) is 0 Å². The molecule has 0 aromatic heterocycles. The normalized spacial score (nSPS) is 14.8. The van der Waals surface area contributed by atoms with Crippen molar-refractivity contribution in [2.45, 2.75) is 23.1 Å². The molecule has 0 fully saturated rings. The van der Waals surface area contributed by atoms with Gasteiger partial charge >= 0.3 is 5.97 Å². The van der Waals surface area contributed by atoms with Gasteiger partial charge in [-0.3, -0.25) is 0 Å². The summed E-state index contributed by atoms with van der Waals surface area (Å²) in [6.07, 6.45) is -0.247. The summed E-state index contributed by atoms with van der Waals surface area (Å²) in [6.45, 7) is 1.42. The van der Waals surface area contributed by atoms with E-state index < -0.39 is 20.7 Å². The lowest BCUT2D eigenvalue weighted by atomic mass is 10.1. The van der Waals surface area contributed by atoms with Crippen LogP contribution < -0.4 is 11.5 Å². The van der Waals surface area contributed by atoms with Crippen LogP contribution in [0, 0.1) is 0 Å². The maximum Gasteiger partial charge on any atom is 0.339 e. The van der Waals surface area contributed by atoms with Gasteiger partial charge in [-0.1, -0.05) is 31.2 Å². The molecule has 1 unspecified atom stereocenters. The summed E-state index contributed by atoms with van der Waals surface area (Å²) in [7, 11) is -4.27. The van der Waals surface area contributed by atoms with E-state index >= 15 is 0 Å². The van der Waals surface area contributed by atoms with E-state index in [0.29, 0.717) is 16.5 Å². The molecule has 0 saturated carbocycles. The van der Waals surface area contributed by atoms with Crippen LogP contribution in [0.5, 0.6) is 0 Å². The lowest BCUT2D eigenvalue weighted by Gasteiger charge is -2.24. The number of aliphatic carboxylic acids is 1. The molecule has 2 rings (SSSR count). The summed E-state index contributed by atoms with van der Waals surface area (Å²) >= 11 is 0. The van der Waals surface area contributed by atoms with E-state index in [9.17, 15) is 18.3 Å². The molecular weight excluding hydrogens is 292 g/mol. The van der Waals surface area contributed by atoms with Crippen molar-refractivity contribution in [2.75, 3.05) is 5.73 Å². The summed E-state index contributed by atoms with van der Waals surface area (Å²) < 4.78 is 25.4. The zero-order chi connectivity index (χ0) is 15.8. The number of nitrogens with two attached hydrogens (primary N) is 2. The highest BCUT2D eigenvalue weighted by atomic mass is 32.2. The zero-order valence-electron chi connectivity index (χ0n) is 11.4. The third-order valence-corrected chi connectivity index (χ3v) is 5.93. The van der Waals surface area contributed by atoms with E-state index in [4.69, 9.17) is 11.5 Å². The number of hydrogen-bond donors (Lipinski definition) is 3. The number of nitrogen functional groups attached to an aromatic ring is 1. The Bertz CT molecular complexity index is 817. The van der Waals surface area contributed by atoms with Crippen molar-refractivity contribution >= 4 is 32.3 Å². The van der Waals surface area contributed by atoms with Crippen LogP contribution >= 0.6 is 0 Å². The van der Waals surface area contributed by atoms with E-state index in [2.05, 4.69) is 0 Å². The Morgan fingerprint density at radius 2 is 1.76 bits per heavy atom. The SMILES string of the molecule is CCC(N)(C(=O)O)S(=O)(=O)c1ccc(N)c2ccccc12. The molecule has 0 aliphatic rings. The third-order valence-electron chi connectivity index (χ3n) is 3.57. The number of benzene rings is 2. The van der Waals surface area contributed by atoms with Crippen molar-refractivity contribution in [3.63, 3.8) is 0 Å². The molecule has 6 nitrogen and oxygen atoms in total. The fourth-order valence-electron chi connectivity index (χ4n) is 2.18. The van der Waals surface area contributed by atoms with Gasteiger partial charge in [-0.2, -0.15) is 0 Å². The number of carboxylic acids is 1. The standard InChI is InChI=1S/C14H16N2O4S/c1-2-14(16,13(17)18)21(19,20)12-8-7-11(15)9-5-3-4-6-10(9)12/h3-8H,2,15-16H2,1H3,(H,17,18). The Labute approximate surface area is 122 Å². The molecule has 0 bridgehead atoms. The highest BCUT2D eigenvalue weighted by molar-refractivity contribution is 7.93. The Kier molecular flexibility index (Phi) is 3.65. The number of fused-ring (bicyclic) bond motifs is 1. The lowest BCUT2D eigenvalue weighted by Crippen LogP contribution is -2.54. The number of sulfone groups is 1. The summed E-state index contributed by atoms with van der Waals surface area (Å²) in [4.78, 5) is 8.85.